The fourth-order valence-electron chi connectivity index (χ4n) is 4.79. The third-order valence-electron chi connectivity index (χ3n) is 6.57. The number of likely N-dealkylation sites (tertiary alicyclic amines) is 1. The van der Waals surface area contributed by atoms with Crippen LogP contribution in [0.1, 0.15) is 31.2 Å². The lowest BCUT2D eigenvalue weighted by molar-refractivity contribution is -0.141. The average molecular weight is 433 g/mol. The molecule has 29 heavy (non-hydrogen) atoms. The van der Waals surface area contributed by atoms with Crippen molar-refractivity contribution in [1.82, 2.24) is 14.2 Å². The highest BCUT2D eigenvalue weighted by atomic mass is 32.2. The van der Waals surface area contributed by atoms with Crippen LogP contribution in [0.25, 0.3) is 0 Å². The number of halogens is 3. The number of hydrogen-bond donors (Lipinski definition) is 0. The third kappa shape index (κ3) is 3.80. The predicted molar refractivity (Wildman–Crippen MR) is 99.7 cm³/mol. The van der Waals surface area contributed by atoms with Crippen molar-refractivity contribution >= 4 is 10.0 Å². The number of aromatic nitrogens is 1. The number of ether oxygens (including phenoxy) is 1. The Kier molecular flexibility index (Phi) is 5.20. The molecule has 6 nitrogen and oxygen atoms in total. The summed E-state index contributed by atoms with van der Waals surface area (Å²) in [7, 11) is -3.83. The van der Waals surface area contributed by atoms with E-state index in [-0.39, 0.29) is 16.0 Å². The van der Waals surface area contributed by atoms with E-state index in [9.17, 15) is 21.6 Å². The first kappa shape index (κ1) is 21.0. The molecule has 10 heteroatoms. The Morgan fingerprint density at radius 1 is 1.17 bits per heavy atom. The zero-order valence-corrected chi connectivity index (χ0v) is 17.4. The molecule has 0 aromatic carbocycles. The van der Waals surface area contributed by atoms with Crippen LogP contribution in [0.5, 0.6) is 0 Å². The Bertz CT molecular complexity index is 870. The van der Waals surface area contributed by atoms with Crippen LogP contribution in [0.15, 0.2) is 17.0 Å². The molecule has 1 aromatic rings. The summed E-state index contributed by atoms with van der Waals surface area (Å²) in [6.07, 6.45) is -2.47. The third-order valence-corrected chi connectivity index (χ3v) is 8.50. The van der Waals surface area contributed by atoms with Crippen LogP contribution in [-0.4, -0.2) is 68.0 Å². The lowest BCUT2D eigenvalue weighted by Gasteiger charge is -2.61. The van der Waals surface area contributed by atoms with Gasteiger partial charge in [-0.1, -0.05) is 0 Å². The summed E-state index contributed by atoms with van der Waals surface area (Å²) in [6.45, 7) is 7.69. The molecule has 0 N–H and O–H groups in total. The van der Waals surface area contributed by atoms with Crippen molar-refractivity contribution in [1.29, 1.82) is 0 Å². The Morgan fingerprint density at radius 2 is 1.79 bits per heavy atom. The standard InChI is InChI=1S/C19H26F3N3O3S/c1-13-16(3-4-17(23-13)19(20,21)22)29(26,27)25-11-18(12-25)9-24(10-18)14(2)15-5-7-28-8-6-15/h3-4,14-15H,5-12H2,1-2H3/t14-/m1/s1. The van der Waals surface area contributed by atoms with Crippen LogP contribution >= 0.6 is 0 Å². The molecule has 1 aromatic heterocycles. The Hall–Kier alpha value is -1.23. The van der Waals surface area contributed by atoms with E-state index in [1.54, 1.807) is 0 Å². The molecule has 4 rings (SSSR count). The van der Waals surface area contributed by atoms with Crippen LogP contribution in [0.4, 0.5) is 13.2 Å². The van der Waals surface area contributed by atoms with Gasteiger partial charge >= 0.3 is 6.18 Å². The van der Waals surface area contributed by atoms with Gasteiger partial charge < -0.3 is 4.74 Å². The number of hydrogen-bond acceptors (Lipinski definition) is 5. The van der Waals surface area contributed by atoms with Gasteiger partial charge in [0, 0.05) is 50.8 Å². The molecule has 3 fully saturated rings. The van der Waals surface area contributed by atoms with Crippen molar-refractivity contribution in [3.05, 3.63) is 23.5 Å². The fraction of sp³-hybridized carbons (Fsp3) is 0.737. The van der Waals surface area contributed by atoms with E-state index in [2.05, 4.69) is 16.8 Å². The van der Waals surface area contributed by atoms with Gasteiger partial charge in [-0.05, 0) is 44.7 Å². The lowest BCUT2D eigenvalue weighted by atomic mass is 9.72. The maximum Gasteiger partial charge on any atom is 0.433 e. The minimum absolute atomic E-state index is 0.0280. The second kappa shape index (κ2) is 7.18. The smallest absolute Gasteiger partial charge is 0.381 e. The quantitative estimate of drug-likeness (QED) is 0.730. The summed E-state index contributed by atoms with van der Waals surface area (Å²) in [5.41, 5.74) is -1.23. The highest BCUT2D eigenvalue weighted by Gasteiger charge is 2.56. The number of pyridine rings is 1. The largest absolute Gasteiger partial charge is 0.433 e. The van der Waals surface area contributed by atoms with Crippen molar-refractivity contribution < 1.29 is 26.3 Å². The molecule has 3 saturated heterocycles. The second-order valence-electron chi connectivity index (χ2n) is 8.65. The molecule has 0 aliphatic carbocycles. The van der Waals surface area contributed by atoms with Crippen molar-refractivity contribution in [2.75, 3.05) is 39.4 Å². The Balaban J connectivity index is 1.37. The van der Waals surface area contributed by atoms with Gasteiger partial charge in [-0.3, -0.25) is 4.90 Å². The highest BCUT2D eigenvalue weighted by Crippen LogP contribution is 2.44. The summed E-state index contributed by atoms with van der Waals surface area (Å²) in [5.74, 6) is 0.613. The molecule has 4 heterocycles. The number of nitrogens with zero attached hydrogens (tertiary/aromatic N) is 3. The normalized spacial score (nSPS) is 24.9. The zero-order valence-electron chi connectivity index (χ0n) is 16.6. The number of aryl methyl sites for hydroxylation is 1. The number of rotatable bonds is 4. The molecule has 0 unspecified atom stereocenters. The summed E-state index contributed by atoms with van der Waals surface area (Å²) >= 11 is 0. The van der Waals surface area contributed by atoms with Crippen molar-refractivity contribution in [3.63, 3.8) is 0 Å². The van der Waals surface area contributed by atoms with E-state index < -0.39 is 21.9 Å². The molecule has 0 radical (unpaired) electrons. The zero-order chi connectivity index (χ0) is 21.0. The van der Waals surface area contributed by atoms with Crippen LogP contribution in [-0.2, 0) is 20.9 Å². The first-order valence-electron chi connectivity index (χ1n) is 9.89. The van der Waals surface area contributed by atoms with Crippen molar-refractivity contribution in [2.45, 2.75) is 43.8 Å². The van der Waals surface area contributed by atoms with Crippen LogP contribution < -0.4 is 0 Å². The van der Waals surface area contributed by atoms with E-state index in [0.717, 1.165) is 51.3 Å². The highest BCUT2D eigenvalue weighted by molar-refractivity contribution is 7.89. The number of alkyl halides is 3. The summed E-state index contributed by atoms with van der Waals surface area (Å²) < 4.78 is 70.9. The summed E-state index contributed by atoms with van der Waals surface area (Å²) in [5, 5.41) is 0. The van der Waals surface area contributed by atoms with Gasteiger partial charge in [0.2, 0.25) is 10.0 Å². The molecule has 0 bridgehead atoms. The van der Waals surface area contributed by atoms with Gasteiger partial charge in [0.25, 0.3) is 0 Å². The molecule has 1 spiro atoms. The van der Waals surface area contributed by atoms with Gasteiger partial charge in [-0.25, -0.2) is 13.4 Å². The van der Waals surface area contributed by atoms with Crippen molar-refractivity contribution in [3.8, 4) is 0 Å². The van der Waals surface area contributed by atoms with E-state index in [0.29, 0.717) is 25.0 Å². The number of sulfonamides is 1. The van der Waals surface area contributed by atoms with Gasteiger partial charge in [0.1, 0.15) is 10.6 Å². The molecule has 3 aliphatic heterocycles. The lowest BCUT2D eigenvalue weighted by Crippen LogP contribution is -2.74. The van der Waals surface area contributed by atoms with E-state index in [1.165, 1.54) is 11.2 Å². The van der Waals surface area contributed by atoms with Crippen LogP contribution in [0.3, 0.4) is 0 Å². The molecule has 0 amide bonds. The molecule has 162 valence electrons. The van der Waals surface area contributed by atoms with E-state index in [1.807, 2.05) is 0 Å². The summed E-state index contributed by atoms with van der Waals surface area (Å²) in [4.78, 5) is 5.72. The Labute approximate surface area is 169 Å². The minimum atomic E-state index is -4.59. The average Bonchev–Trinajstić information content (AvgIpc) is 2.58. The summed E-state index contributed by atoms with van der Waals surface area (Å²) in [6, 6.07) is 2.21. The first-order chi connectivity index (χ1) is 13.5. The van der Waals surface area contributed by atoms with Crippen LogP contribution in [0.2, 0.25) is 0 Å². The second-order valence-corrected chi connectivity index (χ2v) is 10.6. The predicted octanol–water partition coefficient (Wildman–Crippen LogP) is 2.53. The maximum atomic E-state index is 12.9. The monoisotopic (exact) mass is 433 g/mol. The molecule has 3 aliphatic rings. The topological polar surface area (TPSA) is 62.7 Å². The SMILES string of the molecule is Cc1nc(C(F)(F)F)ccc1S(=O)(=O)N1CC2(CN([C@H](C)C3CCOCC3)C2)C1. The first-order valence-corrected chi connectivity index (χ1v) is 11.3. The van der Waals surface area contributed by atoms with Crippen LogP contribution in [0, 0.1) is 18.3 Å². The fourth-order valence-corrected chi connectivity index (χ4v) is 6.61. The molecular formula is C19H26F3N3O3S. The van der Waals surface area contributed by atoms with Gasteiger partial charge in [0.05, 0.1) is 5.69 Å². The van der Waals surface area contributed by atoms with E-state index in [4.69, 9.17) is 4.74 Å². The maximum absolute atomic E-state index is 12.9. The van der Waals surface area contributed by atoms with Gasteiger partial charge in [0.15, 0.2) is 0 Å². The van der Waals surface area contributed by atoms with Gasteiger partial charge in [-0.2, -0.15) is 17.5 Å². The molecule has 1 atom stereocenters. The Morgan fingerprint density at radius 3 is 2.34 bits per heavy atom. The van der Waals surface area contributed by atoms with Crippen molar-refractivity contribution in [2.24, 2.45) is 11.3 Å². The van der Waals surface area contributed by atoms with E-state index >= 15 is 0 Å². The van der Waals surface area contributed by atoms with Gasteiger partial charge in [-0.15, -0.1) is 0 Å². The molecule has 0 saturated carbocycles. The molecular weight excluding hydrogens is 407 g/mol. The minimum Gasteiger partial charge on any atom is -0.381 e.